The third kappa shape index (κ3) is 2.02. The molecule has 1 heterocycles. The van der Waals surface area contributed by atoms with Gasteiger partial charge >= 0.3 is 5.69 Å². The van der Waals surface area contributed by atoms with Crippen molar-refractivity contribution < 1.29 is 9.66 Å². The molecule has 0 aliphatic rings. The molecule has 6 nitrogen and oxygen atoms in total. The van der Waals surface area contributed by atoms with Gasteiger partial charge in [-0.1, -0.05) is 11.6 Å². The van der Waals surface area contributed by atoms with Gasteiger partial charge in [-0.3, -0.25) is 10.1 Å². The fourth-order valence-electron chi connectivity index (χ4n) is 1.59. The lowest BCUT2D eigenvalue weighted by atomic mass is 10.3. The zero-order chi connectivity index (χ0) is 13.3. The summed E-state index contributed by atoms with van der Waals surface area (Å²) in [5, 5.41) is 14.9. The van der Waals surface area contributed by atoms with Crippen LogP contribution in [0, 0.1) is 17.0 Å². The van der Waals surface area contributed by atoms with Crippen molar-refractivity contribution in [3.8, 4) is 11.4 Å². The Bertz CT molecular complexity index is 592. The maximum atomic E-state index is 10.8. The van der Waals surface area contributed by atoms with E-state index in [0.29, 0.717) is 11.4 Å². The van der Waals surface area contributed by atoms with Gasteiger partial charge in [0.1, 0.15) is 11.4 Å². The number of benzene rings is 1. The molecule has 0 saturated carbocycles. The summed E-state index contributed by atoms with van der Waals surface area (Å²) in [6.07, 6.45) is 0. The minimum Gasteiger partial charge on any atom is -0.497 e. The van der Waals surface area contributed by atoms with Gasteiger partial charge in [-0.15, -0.1) is 0 Å². The average molecular weight is 268 g/mol. The van der Waals surface area contributed by atoms with Gasteiger partial charge in [-0.25, -0.2) is 4.68 Å². The van der Waals surface area contributed by atoms with Gasteiger partial charge in [0.15, 0.2) is 0 Å². The second-order valence-electron chi connectivity index (χ2n) is 3.59. The quantitative estimate of drug-likeness (QED) is 0.633. The molecular weight excluding hydrogens is 258 g/mol. The Labute approximate surface area is 108 Å². The number of methoxy groups -OCH3 is 1. The minimum absolute atomic E-state index is 0.0114. The Kier molecular flexibility index (Phi) is 3.20. The molecule has 0 atom stereocenters. The lowest BCUT2D eigenvalue weighted by molar-refractivity contribution is -0.385. The fourth-order valence-corrected chi connectivity index (χ4v) is 1.93. The van der Waals surface area contributed by atoms with Crippen LogP contribution in [0.4, 0.5) is 5.69 Å². The zero-order valence-electron chi connectivity index (χ0n) is 9.75. The van der Waals surface area contributed by atoms with E-state index in [4.69, 9.17) is 16.3 Å². The maximum absolute atomic E-state index is 10.8. The Balaban J connectivity index is 2.50. The number of nitro groups is 1. The molecule has 2 rings (SSSR count). The lowest BCUT2D eigenvalue weighted by Gasteiger charge is -2.03. The van der Waals surface area contributed by atoms with Crippen molar-refractivity contribution in [2.75, 3.05) is 7.11 Å². The molecule has 0 aliphatic carbocycles. The normalized spacial score (nSPS) is 10.4. The van der Waals surface area contributed by atoms with Crippen molar-refractivity contribution in [1.29, 1.82) is 0 Å². The summed E-state index contributed by atoms with van der Waals surface area (Å²) in [4.78, 5) is 10.3. The zero-order valence-corrected chi connectivity index (χ0v) is 10.5. The molecule has 1 aromatic heterocycles. The Morgan fingerprint density at radius 2 is 2.00 bits per heavy atom. The topological polar surface area (TPSA) is 70.2 Å². The summed E-state index contributed by atoms with van der Waals surface area (Å²) in [6, 6.07) is 6.91. The van der Waals surface area contributed by atoms with Crippen molar-refractivity contribution in [2.45, 2.75) is 6.92 Å². The summed E-state index contributed by atoms with van der Waals surface area (Å²) >= 11 is 5.96. The summed E-state index contributed by atoms with van der Waals surface area (Å²) in [7, 11) is 1.56. The second kappa shape index (κ2) is 4.66. The molecule has 0 aliphatic heterocycles. The number of halogens is 1. The molecule has 0 N–H and O–H groups in total. The highest BCUT2D eigenvalue weighted by atomic mass is 35.5. The van der Waals surface area contributed by atoms with Crippen molar-refractivity contribution in [1.82, 2.24) is 9.78 Å². The smallest absolute Gasteiger partial charge is 0.329 e. The van der Waals surface area contributed by atoms with E-state index >= 15 is 0 Å². The van der Waals surface area contributed by atoms with E-state index in [9.17, 15) is 10.1 Å². The van der Waals surface area contributed by atoms with E-state index in [-0.39, 0.29) is 16.5 Å². The number of hydrogen-bond donors (Lipinski definition) is 0. The molecule has 0 fully saturated rings. The Hall–Kier alpha value is -2.08. The first-order chi connectivity index (χ1) is 8.54. The number of aryl methyl sites for hydroxylation is 1. The number of nitrogens with zero attached hydrogens (tertiary/aromatic N) is 3. The van der Waals surface area contributed by atoms with E-state index in [1.807, 2.05) is 0 Å². The van der Waals surface area contributed by atoms with Crippen LogP contribution in [-0.4, -0.2) is 21.8 Å². The van der Waals surface area contributed by atoms with Crippen molar-refractivity contribution in [2.24, 2.45) is 0 Å². The Morgan fingerprint density at radius 3 is 2.44 bits per heavy atom. The Morgan fingerprint density at radius 1 is 1.39 bits per heavy atom. The molecule has 0 bridgehead atoms. The highest BCUT2D eigenvalue weighted by Gasteiger charge is 2.24. The van der Waals surface area contributed by atoms with Crippen LogP contribution >= 0.6 is 11.6 Å². The summed E-state index contributed by atoms with van der Waals surface area (Å²) < 4.78 is 6.36. The monoisotopic (exact) mass is 267 g/mol. The van der Waals surface area contributed by atoms with Gasteiger partial charge in [0.05, 0.1) is 17.7 Å². The third-order valence-electron chi connectivity index (χ3n) is 2.47. The van der Waals surface area contributed by atoms with Crippen molar-refractivity contribution in [3.05, 3.63) is 45.2 Å². The van der Waals surface area contributed by atoms with E-state index < -0.39 is 4.92 Å². The van der Waals surface area contributed by atoms with Crippen LogP contribution in [0.1, 0.15) is 5.69 Å². The third-order valence-corrected chi connectivity index (χ3v) is 2.81. The highest BCUT2D eigenvalue weighted by molar-refractivity contribution is 6.32. The van der Waals surface area contributed by atoms with Crippen LogP contribution in [0.2, 0.25) is 5.15 Å². The summed E-state index contributed by atoms with van der Waals surface area (Å²) in [5.74, 6) is 0.688. The number of ether oxygens (including phenoxy) is 1. The molecular formula is C11H10ClN3O3. The van der Waals surface area contributed by atoms with Crippen LogP contribution in [0.3, 0.4) is 0 Å². The molecule has 0 spiro atoms. The number of rotatable bonds is 3. The SMILES string of the molecule is COc1ccc(-n2nc(C)c([N+](=O)[O-])c2Cl)cc1. The van der Waals surface area contributed by atoms with Crippen LogP contribution in [0.15, 0.2) is 24.3 Å². The van der Waals surface area contributed by atoms with Gasteiger partial charge < -0.3 is 4.74 Å². The lowest BCUT2D eigenvalue weighted by Crippen LogP contribution is -1.97. The van der Waals surface area contributed by atoms with Gasteiger partial charge in [0, 0.05) is 0 Å². The summed E-state index contributed by atoms with van der Waals surface area (Å²) in [5.41, 5.74) is 0.741. The van der Waals surface area contributed by atoms with Crippen LogP contribution in [0.25, 0.3) is 5.69 Å². The van der Waals surface area contributed by atoms with Crippen molar-refractivity contribution >= 4 is 17.3 Å². The molecule has 1 aromatic carbocycles. The molecule has 2 aromatic rings. The average Bonchev–Trinajstić information content (AvgIpc) is 2.65. The predicted molar refractivity (Wildman–Crippen MR) is 66.5 cm³/mol. The maximum Gasteiger partial charge on any atom is 0.329 e. The standard InChI is InChI=1S/C11H10ClN3O3/c1-7-10(15(16)17)11(12)14(13-7)8-3-5-9(18-2)6-4-8/h3-6H,1-2H3. The highest BCUT2D eigenvalue weighted by Crippen LogP contribution is 2.30. The molecule has 94 valence electrons. The van der Waals surface area contributed by atoms with Gasteiger partial charge in [-0.2, -0.15) is 5.10 Å². The largest absolute Gasteiger partial charge is 0.497 e. The van der Waals surface area contributed by atoms with Crippen LogP contribution in [0.5, 0.6) is 5.75 Å². The summed E-state index contributed by atoms with van der Waals surface area (Å²) in [6.45, 7) is 1.55. The van der Waals surface area contributed by atoms with E-state index in [2.05, 4.69) is 5.10 Å². The van der Waals surface area contributed by atoms with Crippen LogP contribution in [-0.2, 0) is 0 Å². The number of hydrogen-bond acceptors (Lipinski definition) is 4. The number of aromatic nitrogens is 2. The van der Waals surface area contributed by atoms with Gasteiger partial charge in [0.25, 0.3) is 0 Å². The van der Waals surface area contributed by atoms with E-state index in [1.54, 1.807) is 38.3 Å². The van der Waals surface area contributed by atoms with Gasteiger partial charge in [-0.05, 0) is 31.2 Å². The van der Waals surface area contributed by atoms with Crippen LogP contribution < -0.4 is 4.74 Å². The molecule has 18 heavy (non-hydrogen) atoms. The first-order valence-corrected chi connectivity index (χ1v) is 5.46. The van der Waals surface area contributed by atoms with Crippen molar-refractivity contribution in [3.63, 3.8) is 0 Å². The fraction of sp³-hybridized carbons (Fsp3) is 0.182. The molecule has 7 heteroatoms. The first kappa shape index (κ1) is 12.4. The molecule has 0 unspecified atom stereocenters. The minimum atomic E-state index is -0.537. The second-order valence-corrected chi connectivity index (χ2v) is 3.95. The van der Waals surface area contributed by atoms with Gasteiger partial charge in [0.2, 0.25) is 5.15 Å². The van der Waals surface area contributed by atoms with E-state index in [0.717, 1.165) is 0 Å². The molecule has 0 saturated heterocycles. The van der Waals surface area contributed by atoms with E-state index in [1.165, 1.54) is 4.68 Å². The first-order valence-electron chi connectivity index (χ1n) is 5.08. The molecule has 0 amide bonds. The predicted octanol–water partition coefficient (Wildman–Crippen LogP) is 2.75. The molecule has 0 radical (unpaired) electrons.